The molecule has 1 atom stereocenters. The lowest BCUT2D eigenvalue weighted by Gasteiger charge is -2.22. The molecule has 0 spiro atoms. The second-order valence-corrected chi connectivity index (χ2v) is 5.18. The summed E-state index contributed by atoms with van der Waals surface area (Å²) in [5, 5.41) is 11.2. The Balaban J connectivity index is 1.78. The summed E-state index contributed by atoms with van der Waals surface area (Å²) in [6, 6.07) is 4.24. The second-order valence-electron chi connectivity index (χ2n) is 4.15. The maximum atomic E-state index is 11.6. The Kier molecular flexibility index (Phi) is 3.96. The van der Waals surface area contributed by atoms with Crippen molar-refractivity contribution >= 4 is 17.2 Å². The van der Waals surface area contributed by atoms with E-state index >= 15 is 0 Å². The van der Waals surface area contributed by atoms with Crippen LogP contribution >= 0.6 is 11.3 Å². The number of likely N-dealkylation sites (tertiary alicyclic amines) is 1. The third-order valence-corrected chi connectivity index (χ3v) is 4.00. The zero-order valence-electron chi connectivity index (χ0n) is 9.26. The molecule has 1 aromatic heterocycles. The maximum Gasteiger partial charge on any atom is 0.222 e. The molecule has 1 fully saturated rings. The van der Waals surface area contributed by atoms with Crippen LogP contribution in [0.15, 0.2) is 17.5 Å². The van der Waals surface area contributed by atoms with Gasteiger partial charge in [-0.25, -0.2) is 0 Å². The van der Waals surface area contributed by atoms with Crippen molar-refractivity contribution in [2.75, 3.05) is 13.2 Å². The van der Waals surface area contributed by atoms with Crippen LogP contribution in [-0.2, 0) is 11.2 Å². The molecule has 2 heterocycles. The van der Waals surface area contributed by atoms with Crippen LogP contribution in [0.25, 0.3) is 0 Å². The lowest BCUT2D eigenvalue weighted by molar-refractivity contribution is -0.129. The van der Waals surface area contributed by atoms with Crippen molar-refractivity contribution in [2.24, 2.45) is 0 Å². The van der Waals surface area contributed by atoms with E-state index in [0.29, 0.717) is 6.42 Å². The molecule has 0 aromatic carbocycles. The van der Waals surface area contributed by atoms with E-state index in [2.05, 4.69) is 17.5 Å². The van der Waals surface area contributed by atoms with Gasteiger partial charge < -0.3 is 10.0 Å². The molecular formula is C12H17NO2S. The quantitative estimate of drug-likeness (QED) is 0.849. The van der Waals surface area contributed by atoms with Crippen LogP contribution < -0.4 is 0 Å². The summed E-state index contributed by atoms with van der Waals surface area (Å²) in [7, 11) is 0. The highest BCUT2D eigenvalue weighted by Gasteiger charge is 2.29. The highest BCUT2D eigenvalue weighted by molar-refractivity contribution is 7.09. The van der Waals surface area contributed by atoms with E-state index in [1.165, 1.54) is 4.88 Å². The smallest absolute Gasteiger partial charge is 0.222 e. The van der Waals surface area contributed by atoms with E-state index in [0.717, 1.165) is 25.8 Å². The third-order valence-electron chi connectivity index (χ3n) is 3.07. The van der Waals surface area contributed by atoms with Crippen molar-refractivity contribution in [3.63, 3.8) is 0 Å². The Morgan fingerprint density at radius 3 is 3.12 bits per heavy atom. The number of aliphatic hydroxyl groups excluding tert-OH is 1. The number of carbonyl (C=O) groups is 1. The Morgan fingerprint density at radius 2 is 2.44 bits per heavy atom. The number of amides is 1. The van der Waals surface area contributed by atoms with Crippen LogP contribution in [0.3, 0.4) is 0 Å². The molecule has 1 aromatic rings. The average molecular weight is 239 g/mol. The van der Waals surface area contributed by atoms with Crippen LogP contribution in [0.1, 0.15) is 24.1 Å². The van der Waals surface area contributed by atoms with Crippen LogP contribution in [0.5, 0.6) is 0 Å². The fraction of sp³-hybridized carbons (Fsp3) is 0.583. The van der Waals surface area contributed by atoms with Crippen molar-refractivity contribution < 1.29 is 9.90 Å². The van der Waals surface area contributed by atoms with E-state index < -0.39 is 0 Å². The topological polar surface area (TPSA) is 40.5 Å². The van der Waals surface area contributed by atoms with E-state index in [-0.39, 0.29) is 18.6 Å². The Labute approximate surface area is 99.7 Å². The molecule has 1 aliphatic heterocycles. The number of thiophene rings is 1. The number of aryl methyl sites for hydroxylation is 1. The second kappa shape index (κ2) is 5.46. The molecule has 1 N–H and O–H groups in total. The molecule has 0 aliphatic carbocycles. The zero-order valence-corrected chi connectivity index (χ0v) is 10.1. The van der Waals surface area contributed by atoms with Crippen LogP contribution in [0.4, 0.5) is 0 Å². The monoisotopic (exact) mass is 239 g/mol. The molecule has 1 aliphatic rings. The number of rotatable bonds is 5. The normalized spacial score (nSPS) is 20.7. The van der Waals surface area contributed by atoms with Crippen molar-refractivity contribution in [1.29, 1.82) is 0 Å². The summed E-state index contributed by atoms with van der Waals surface area (Å²) in [6.45, 7) is 0.882. The van der Waals surface area contributed by atoms with Crippen molar-refractivity contribution in [3.8, 4) is 0 Å². The average Bonchev–Trinajstić information content (AvgIpc) is 2.90. The number of hydrogen-bond donors (Lipinski definition) is 1. The molecule has 1 amide bonds. The Hall–Kier alpha value is -0.870. The summed E-state index contributed by atoms with van der Waals surface area (Å²) in [6.07, 6.45) is 3.43. The van der Waals surface area contributed by atoms with Gasteiger partial charge in [-0.1, -0.05) is 6.07 Å². The summed E-state index contributed by atoms with van der Waals surface area (Å²) >= 11 is 1.76. The molecule has 0 bridgehead atoms. The number of hydrogen-bond acceptors (Lipinski definition) is 3. The van der Waals surface area contributed by atoms with Crippen molar-refractivity contribution in [1.82, 2.24) is 4.90 Å². The van der Waals surface area contributed by atoms with Gasteiger partial charge in [-0.3, -0.25) is 4.79 Å². The van der Waals surface area contributed by atoms with Gasteiger partial charge in [-0.05, 0) is 30.7 Å². The molecule has 0 unspecified atom stereocenters. The summed E-state index contributed by atoms with van der Waals surface area (Å²) in [5.74, 6) is 0.199. The van der Waals surface area contributed by atoms with Gasteiger partial charge in [0.05, 0.1) is 12.6 Å². The number of carbonyl (C=O) groups excluding carboxylic acids is 1. The predicted molar refractivity (Wildman–Crippen MR) is 64.5 cm³/mol. The van der Waals surface area contributed by atoms with Gasteiger partial charge in [0.1, 0.15) is 0 Å². The first kappa shape index (κ1) is 11.6. The molecule has 3 nitrogen and oxygen atoms in total. The molecule has 0 saturated carbocycles. The lowest BCUT2D eigenvalue weighted by Crippen LogP contribution is -2.36. The van der Waals surface area contributed by atoms with E-state index in [4.69, 9.17) is 5.11 Å². The zero-order chi connectivity index (χ0) is 11.4. The molecule has 0 radical (unpaired) electrons. The van der Waals surface area contributed by atoms with Gasteiger partial charge in [-0.2, -0.15) is 0 Å². The maximum absolute atomic E-state index is 11.6. The van der Waals surface area contributed by atoms with E-state index in [1.807, 2.05) is 4.90 Å². The fourth-order valence-electron chi connectivity index (χ4n) is 2.17. The largest absolute Gasteiger partial charge is 0.394 e. The summed E-state index contributed by atoms with van der Waals surface area (Å²) < 4.78 is 0. The predicted octanol–water partition coefficient (Wildman–Crippen LogP) is 1.66. The molecular weight excluding hydrogens is 222 g/mol. The number of nitrogens with zero attached hydrogens (tertiary/aromatic N) is 1. The van der Waals surface area contributed by atoms with Crippen LogP contribution in [-0.4, -0.2) is 35.1 Å². The molecule has 16 heavy (non-hydrogen) atoms. The van der Waals surface area contributed by atoms with Gasteiger partial charge in [0.2, 0.25) is 5.91 Å². The van der Waals surface area contributed by atoms with Gasteiger partial charge in [0.25, 0.3) is 0 Å². The van der Waals surface area contributed by atoms with Gasteiger partial charge >= 0.3 is 0 Å². The molecule has 4 heteroatoms. The van der Waals surface area contributed by atoms with E-state index in [1.54, 1.807) is 11.3 Å². The SMILES string of the molecule is O=C1CC[C@H](CO)N1CCCc1cccs1. The molecule has 1 saturated heterocycles. The minimum absolute atomic E-state index is 0.0656. The number of aliphatic hydroxyl groups is 1. The standard InChI is InChI=1S/C12H17NO2S/c14-9-10-5-6-12(15)13(10)7-1-3-11-4-2-8-16-11/h2,4,8,10,14H,1,3,5-7,9H2/t10-/m1/s1. The Morgan fingerprint density at radius 1 is 1.56 bits per heavy atom. The first-order valence-corrected chi connectivity index (χ1v) is 6.62. The van der Waals surface area contributed by atoms with Crippen LogP contribution in [0, 0.1) is 0 Å². The van der Waals surface area contributed by atoms with Gasteiger partial charge in [-0.15, -0.1) is 11.3 Å². The van der Waals surface area contributed by atoms with Crippen molar-refractivity contribution in [3.05, 3.63) is 22.4 Å². The lowest BCUT2D eigenvalue weighted by atomic mass is 10.2. The summed E-state index contributed by atoms with van der Waals surface area (Å²) in [5.41, 5.74) is 0. The van der Waals surface area contributed by atoms with Gasteiger partial charge in [0, 0.05) is 17.8 Å². The first-order valence-electron chi connectivity index (χ1n) is 5.74. The highest BCUT2D eigenvalue weighted by Crippen LogP contribution is 2.19. The van der Waals surface area contributed by atoms with Gasteiger partial charge in [0.15, 0.2) is 0 Å². The third kappa shape index (κ3) is 2.62. The fourth-order valence-corrected chi connectivity index (χ4v) is 2.92. The summed E-state index contributed by atoms with van der Waals surface area (Å²) in [4.78, 5) is 14.8. The van der Waals surface area contributed by atoms with Crippen LogP contribution in [0.2, 0.25) is 0 Å². The minimum Gasteiger partial charge on any atom is -0.394 e. The highest BCUT2D eigenvalue weighted by atomic mass is 32.1. The first-order chi connectivity index (χ1) is 7.81. The molecule has 88 valence electrons. The van der Waals surface area contributed by atoms with E-state index in [9.17, 15) is 4.79 Å². The van der Waals surface area contributed by atoms with Crippen molar-refractivity contribution in [2.45, 2.75) is 31.7 Å². The molecule has 2 rings (SSSR count). The minimum atomic E-state index is 0.0656. The Bertz CT molecular complexity index is 337.